The van der Waals surface area contributed by atoms with E-state index in [1.165, 1.54) is 18.4 Å². The summed E-state index contributed by atoms with van der Waals surface area (Å²) in [5.74, 6) is 2.28. The topological polar surface area (TPSA) is 25.8 Å². The Balaban J connectivity index is 1.77. The number of nitrogens with zero attached hydrogens (tertiary/aromatic N) is 2. The molecule has 1 fully saturated rings. The Morgan fingerprint density at radius 2 is 1.85 bits per heavy atom. The molecule has 0 aliphatic heterocycles. The van der Waals surface area contributed by atoms with Crippen molar-refractivity contribution in [2.75, 3.05) is 0 Å². The van der Waals surface area contributed by atoms with Crippen LogP contribution in [0.4, 0.5) is 0 Å². The number of hydrogen-bond donors (Lipinski definition) is 0. The van der Waals surface area contributed by atoms with Gasteiger partial charge < -0.3 is 0 Å². The second kappa shape index (κ2) is 5.92. The summed E-state index contributed by atoms with van der Waals surface area (Å²) in [4.78, 5) is 9.05. The van der Waals surface area contributed by atoms with Gasteiger partial charge in [-0.05, 0) is 37.5 Å². The van der Waals surface area contributed by atoms with Crippen molar-refractivity contribution in [2.45, 2.75) is 36.5 Å². The van der Waals surface area contributed by atoms with Gasteiger partial charge in [0, 0.05) is 22.3 Å². The average molecular weight is 325 g/mol. The molecule has 1 aromatic heterocycles. The summed E-state index contributed by atoms with van der Waals surface area (Å²) in [6.07, 6.45) is 2.36. The predicted octanol–water partition coefficient (Wildman–Crippen LogP) is 5.26. The Morgan fingerprint density at radius 3 is 2.50 bits per heavy atom. The normalized spacial score (nSPS) is 14.6. The molecule has 1 saturated carbocycles. The number of rotatable bonds is 4. The van der Waals surface area contributed by atoms with Gasteiger partial charge in [0.25, 0.3) is 0 Å². The first-order chi connectivity index (χ1) is 9.63. The molecule has 0 bridgehead atoms. The first kappa shape index (κ1) is 14.2. The lowest BCUT2D eigenvalue weighted by Crippen LogP contribution is -1.98. The fourth-order valence-electron chi connectivity index (χ4n) is 1.88. The second-order valence-electron chi connectivity index (χ2n) is 4.99. The van der Waals surface area contributed by atoms with Crippen LogP contribution in [0.2, 0.25) is 10.2 Å². The zero-order chi connectivity index (χ0) is 14.1. The van der Waals surface area contributed by atoms with Gasteiger partial charge in [0.15, 0.2) is 0 Å². The van der Waals surface area contributed by atoms with Crippen molar-refractivity contribution >= 4 is 35.0 Å². The van der Waals surface area contributed by atoms with Crippen LogP contribution in [0.3, 0.4) is 0 Å². The van der Waals surface area contributed by atoms with Crippen molar-refractivity contribution in [3.05, 3.63) is 51.4 Å². The van der Waals surface area contributed by atoms with Crippen LogP contribution in [0, 0.1) is 6.92 Å². The minimum absolute atomic E-state index is 0.517. The quantitative estimate of drug-likeness (QED) is 0.566. The van der Waals surface area contributed by atoms with Crippen LogP contribution in [0.25, 0.3) is 0 Å². The zero-order valence-corrected chi connectivity index (χ0v) is 13.4. The molecule has 0 unspecified atom stereocenters. The lowest BCUT2D eigenvalue weighted by Gasteiger charge is -2.08. The summed E-state index contributed by atoms with van der Waals surface area (Å²) in [5.41, 5.74) is 2.19. The second-order valence-corrected chi connectivity index (χ2v) is 6.75. The lowest BCUT2D eigenvalue weighted by atomic mass is 10.2. The lowest BCUT2D eigenvalue weighted by molar-refractivity contribution is 0.862. The molecule has 20 heavy (non-hydrogen) atoms. The maximum Gasteiger partial charge on any atom is 0.136 e. The molecule has 0 amide bonds. The molecule has 2 nitrogen and oxygen atoms in total. The fourth-order valence-corrected chi connectivity index (χ4v) is 3.21. The van der Waals surface area contributed by atoms with E-state index in [4.69, 9.17) is 23.2 Å². The zero-order valence-electron chi connectivity index (χ0n) is 11.1. The first-order valence-corrected chi connectivity index (χ1v) is 8.29. The Labute approximate surface area is 132 Å². The highest BCUT2D eigenvalue weighted by molar-refractivity contribution is 7.98. The van der Waals surface area contributed by atoms with Crippen LogP contribution in [-0.4, -0.2) is 9.97 Å². The maximum atomic E-state index is 6.21. The van der Waals surface area contributed by atoms with Gasteiger partial charge in [-0.1, -0.05) is 35.3 Å². The van der Waals surface area contributed by atoms with Crippen molar-refractivity contribution in [2.24, 2.45) is 0 Å². The molecule has 1 heterocycles. The minimum Gasteiger partial charge on any atom is -0.226 e. The van der Waals surface area contributed by atoms with Crippen LogP contribution in [0.1, 0.15) is 35.7 Å². The molecule has 104 valence electrons. The van der Waals surface area contributed by atoms with Crippen LogP contribution in [-0.2, 0) is 5.75 Å². The van der Waals surface area contributed by atoms with Gasteiger partial charge >= 0.3 is 0 Å². The number of halogens is 2. The van der Waals surface area contributed by atoms with Crippen molar-refractivity contribution in [3.8, 4) is 0 Å². The third-order valence-corrected chi connectivity index (χ3v) is 5.06. The van der Waals surface area contributed by atoms with Crippen LogP contribution in [0.5, 0.6) is 0 Å². The standard InChI is InChI=1S/C15H14Cl2N2S/c1-9-13(17)18-14(11-4-5-11)19-15(9)20-8-10-2-6-12(16)7-3-10/h2-3,6-7,11H,4-5,8H2,1H3. The van der Waals surface area contributed by atoms with Gasteiger partial charge in [0.1, 0.15) is 16.0 Å². The summed E-state index contributed by atoms with van der Waals surface area (Å²) in [5, 5.41) is 2.33. The van der Waals surface area contributed by atoms with E-state index in [9.17, 15) is 0 Å². The summed E-state index contributed by atoms with van der Waals surface area (Å²) < 4.78 is 0. The first-order valence-electron chi connectivity index (χ1n) is 6.55. The molecule has 1 aromatic carbocycles. The smallest absolute Gasteiger partial charge is 0.136 e. The van der Waals surface area contributed by atoms with E-state index in [1.807, 2.05) is 31.2 Å². The number of thioether (sulfide) groups is 1. The summed E-state index contributed by atoms with van der Waals surface area (Å²) in [7, 11) is 0. The van der Waals surface area contributed by atoms with E-state index >= 15 is 0 Å². The van der Waals surface area contributed by atoms with Gasteiger partial charge in [-0.15, -0.1) is 11.8 Å². The monoisotopic (exact) mass is 324 g/mol. The van der Waals surface area contributed by atoms with Gasteiger partial charge in [-0.2, -0.15) is 0 Å². The largest absolute Gasteiger partial charge is 0.226 e. The molecule has 0 N–H and O–H groups in total. The van der Waals surface area contributed by atoms with Crippen molar-refractivity contribution in [1.29, 1.82) is 0 Å². The maximum absolute atomic E-state index is 6.21. The Morgan fingerprint density at radius 1 is 1.15 bits per heavy atom. The Bertz CT molecular complexity index is 625. The average Bonchev–Trinajstić information content (AvgIpc) is 3.26. The molecule has 0 atom stereocenters. The molecule has 5 heteroatoms. The van der Waals surface area contributed by atoms with E-state index in [0.717, 1.165) is 27.2 Å². The van der Waals surface area contributed by atoms with Gasteiger partial charge in [0.05, 0.1) is 0 Å². The molecule has 3 rings (SSSR count). The van der Waals surface area contributed by atoms with E-state index in [-0.39, 0.29) is 0 Å². The summed E-state index contributed by atoms with van der Waals surface area (Å²) >= 11 is 13.8. The third-order valence-electron chi connectivity index (χ3n) is 3.29. The highest BCUT2D eigenvalue weighted by Crippen LogP contribution is 2.40. The molecule has 1 aliphatic carbocycles. The molecule has 0 saturated heterocycles. The van der Waals surface area contributed by atoms with Crippen LogP contribution >= 0.6 is 35.0 Å². The highest BCUT2D eigenvalue weighted by Gasteiger charge is 2.28. The fraction of sp³-hybridized carbons (Fsp3) is 0.333. The Hall–Kier alpha value is -0.770. The van der Waals surface area contributed by atoms with E-state index in [1.54, 1.807) is 11.8 Å². The van der Waals surface area contributed by atoms with Crippen molar-refractivity contribution in [1.82, 2.24) is 9.97 Å². The molecule has 0 spiro atoms. The third kappa shape index (κ3) is 3.27. The molecule has 0 radical (unpaired) electrons. The predicted molar refractivity (Wildman–Crippen MR) is 84.8 cm³/mol. The van der Waals surface area contributed by atoms with E-state index < -0.39 is 0 Å². The molecule has 2 aromatic rings. The van der Waals surface area contributed by atoms with Gasteiger partial charge in [0.2, 0.25) is 0 Å². The molecular weight excluding hydrogens is 311 g/mol. The number of benzene rings is 1. The number of aromatic nitrogens is 2. The SMILES string of the molecule is Cc1c(Cl)nc(C2CC2)nc1SCc1ccc(Cl)cc1. The van der Waals surface area contributed by atoms with E-state index in [0.29, 0.717) is 11.1 Å². The van der Waals surface area contributed by atoms with Crippen molar-refractivity contribution < 1.29 is 0 Å². The molecular formula is C15H14Cl2N2S. The van der Waals surface area contributed by atoms with Crippen LogP contribution in [0.15, 0.2) is 29.3 Å². The number of hydrogen-bond acceptors (Lipinski definition) is 3. The summed E-state index contributed by atoms with van der Waals surface area (Å²) in [6, 6.07) is 7.89. The van der Waals surface area contributed by atoms with Crippen LogP contribution < -0.4 is 0 Å². The van der Waals surface area contributed by atoms with Crippen molar-refractivity contribution in [3.63, 3.8) is 0 Å². The molecule has 1 aliphatic rings. The van der Waals surface area contributed by atoms with Gasteiger partial charge in [-0.25, -0.2) is 9.97 Å². The summed E-state index contributed by atoms with van der Waals surface area (Å²) in [6.45, 7) is 1.98. The minimum atomic E-state index is 0.517. The highest BCUT2D eigenvalue weighted by atomic mass is 35.5. The Kier molecular flexibility index (Phi) is 4.20. The van der Waals surface area contributed by atoms with Gasteiger partial charge in [-0.3, -0.25) is 0 Å². The van der Waals surface area contributed by atoms with E-state index in [2.05, 4.69) is 9.97 Å².